The van der Waals surface area contributed by atoms with Crippen molar-refractivity contribution in [3.8, 4) is 17.5 Å². The predicted molar refractivity (Wildman–Crippen MR) is 98.4 cm³/mol. The van der Waals surface area contributed by atoms with Gasteiger partial charge < -0.3 is 5.32 Å². The first-order chi connectivity index (χ1) is 12.1. The Kier molecular flexibility index (Phi) is 4.82. The van der Waals surface area contributed by atoms with E-state index in [4.69, 9.17) is 16.9 Å². The number of halogens is 1. The van der Waals surface area contributed by atoms with Gasteiger partial charge in [0.05, 0.1) is 16.8 Å². The molecule has 0 radical (unpaired) electrons. The Balaban J connectivity index is 1.95. The van der Waals surface area contributed by atoms with E-state index >= 15 is 0 Å². The Morgan fingerprint density at radius 1 is 1.16 bits per heavy atom. The third-order valence-corrected chi connectivity index (χ3v) is 4.18. The Labute approximate surface area is 150 Å². The van der Waals surface area contributed by atoms with Crippen molar-refractivity contribution in [3.63, 3.8) is 0 Å². The Bertz CT molecular complexity index is 1010. The van der Waals surface area contributed by atoms with Crippen LogP contribution in [0.1, 0.15) is 11.1 Å². The number of anilines is 1. The molecule has 25 heavy (non-hydrogen) atoms. The summed E-state index contributed by atoms with van der Waals surface area (Å²) in [6.07, 6.45) is 0. The monoisotopic (exact) mass is 350 g/mol. The molecule has 124 valence electrons. The summed E-state index contributed by atoms with van der Waals surface area (Å²) in [5.41, 5.74) is 2.11. The van der Waals surface area contributed by atoms with Gasteiger partial charge in [-0.05, 0) is 12.1 Å². The van der Waals surface area contributed by atoms with Gasteiger partial charge in [-0.1, -0.05) is 54.1 Å². The van der Waals surface area contributed by atoms with Gasteiger partial charge >= 0.3 is 0 Å². The van der Waals surface area contributed by atoms with Crippen molar-refractivity contribution in [1.82, 2.24) is 9.55 Å². The number of rotatable bonds is 4. The minimum Gasteiger partial charge on any atom is -0.380 e. The van der Waals surface area contributed by atoms with Crippen LogP contribution in [-0.2, 0) is 13.6 Å². The summed E-state index contributed by atoms with van der Waals surface area (Å²) in [5.74, 6) is 0.511. The normalized spacial score (nSPS) is 10.3. The van der Waals surface area contributed by atoms with Crippen LogP contribution in [-0.4, -0.2) is 9.55 Å². The largest absolute Gasteiger partial charge is 0.380 e. The van der Waals surface area contributed by atoms with Crippen LogP contribution in [0.25, 0.3) is 11.4 Å². The van der Waals surface area contributed by atoms with Crippen LogP contribution in [0.2, 0.25) is 5.15 Å². The highest BCUT2D eigenvalue weighted by Gasteiger charge is 2.14. The van der Waals surface area contributed by atoms with Crippen LogP contribution in [0.3, 0.4) is 0 Å². The molecule has 0 saturated carbocycles. The lowest BCUT2D eigenvalue weighted by atomic mass is 10.2. The molecule has 0 atom stereocenters. The van der Waals surface area contributed by atoms with Crippen molar-refractivity contribution in [3.05, 3.63) is 81.2 Å². The summed E-state index contributed by atoms with van der Waals surface area (Å²) in [4.78, 5) is 17.1. The first-order valence-corrected chi connectivity index (χ1v) is 8.03. The van der Waals surface area contributed by atoms with E-state index in [0.29, 0.717) is 22.6 Å². The summed E-state index contributed by atoms with van der Waals surface area (Å²) in [5, 5.41) is 12.4. The minimum atomic E-state index is -0.221. The summed E-state index contributed by atoms with van der Waals surface area (Å²) < 4.78 is 1.48. The van der Waals surface area contributed by atoms with Gasteiger partial charge in [-0.2, -0.15) is 5.26 Å². The summed E-state index contributed by atoms with van der Waals surface area (Å²) in [7, 11) is 1.67. The predicted octanol–water partition coefficient (Wildman–Crippen LogP) is 3.58. The fourth-order valence-corrected chi connectivity index (χ4v) is 2.76. The van der Waals surface area contributed by atoms with Gasteiger partial charge in [0.1, 0.15) is 17.0 Å². The minimum absolute atomic E-state index is 0.156. The van der Waals surface area contributed by atoms with Crippen molar-refractivity contribution in [2.24, 2.45) is 7.05 Å². The number of para-hydroxylation sites is 1. The van der Waals surface area contributed by atoms with Gasteiger partial charge in [-0.15, -0.1) is 0 Å². The fourth-order valence-electron chi connectivity index (χ4n) is 2.53. The Morgan fingerprint density at radius 2 is 1.84 bits per heavy atom. The van der Waals surface area contributed by atoms with Gasteiger partial charge in [0.2, 0.25) is 0 Å². The second-order valence-electron chi connectivity index (χ2n) is 5.45. The van der Waals surface area contributed by atoms with E-state index in [1.807, 2.05) is 36.4 Å². The third-order valence-electron chi connectivity index (χ3n) is 3.87. The van der Waals surface area contributed by atoms with Crippen molar-refractivity contribution < 1.29 is 0 Å². The quantitative estimate of drug-likeness (QED) is 0.730. The van der Waals surface area contributed by atoms with Crippen LogP contribution >= 0.6 is 11.6 Å². The van der Waals surface area contributed by atoms with Crippen LogP contribution < -0.4 is 10.9 Å². The summed E-state index contributed by atoms with van der Waals surface area (Å²) in [6.45, 7) is 0.187. The molecular formula is C19H15ClN4O. The zero-order chi connectivity index (χ0) is 17.8. The molecule has 0 amide bonds. The molecule has 0 fully saturated rings. The second-order valence-corrected chi connectivity index (χ2v) is 5.80. The number of nitrogens with one attached hydrogen (secondary N) is 1. The molecule has 1 aromatic heterocycles. The molecule has 2 aromatic carbocycles. The maximum absolute atomic E-state index is 12.7. The molecule has 0 aliphatic carbocycles. The molecule has 6 heteroatoms. The fraction of sp³-hybridized carbons (Fsp3) is 0.105. The maximum atomic E-state index is 12.7. The summed E-state index contributed by atoms with van der Waals surface area (Å²) >= 11 is 6.27. The highest BCUT2D eigenvalue weighted by molar-refractivity contribution is 6.30. The Hall–Kier alpha value is -3.10. The van der Waals surface area contributed by atoms with E-state index in [-0.39, 0.29) is 17.3 Å². The van der Waals surface area contributed by atoms with Crippen LogP contribution in [0, 0.1) is 11.3 Å². The van der Waals surface area contributed by atoms with Gasteiger partial charge in [0, 0.05) is 19.2 Å². The number of benzene rings is 2. The standard InChI is InChI=1S/C19H15ClN4O/c1-24-18(13-7-3-2-4-8-13)23-17(20)15(19(24)25)12-22-16-10-6-5-9-14(16)11-21/h2-10,22H,12H2,1H3. The van der Waals surface area contributed by atoms with Crippen LogP contribution in [0.4, 0.5) is 5.69 Å². The van der Waals surface area contributed by atoms with E-state index in [0.717, 1.165) is 5.56 Å². The SMILES string of the molecule is Cn1c(-c2ccccc2)nc(Cl)c(CNc2ccccc2C#N)c1=O. The van der Waals surface area contributed by atoms with Gasteiger partial charge in [0.25, 0.3) is 5.56 Å². The van der Waals surface area contributed by atoms with E-state index < -0.39 is 0 Å². The van der Waals surface area contributed by atoms with E-state index in [2.05, 4.69) is 16.4 Å². The third kappa shape index (κ3) is 3.39. The molecule has 1 N–H and O–H groups in total. The first-order valence-electron chi connectivity index (χ1n) is 7.65. The number of hydrogen-bond acceptors (Lipinski definition) is 4. The Morgan fingerprint density at radius 3 is 2.56 bits per heavy atom. The molecule has 0 saturated heterocycles. The van der Waals surface area contributed by atoms with Crippen molar-refractivity contribution in [2.45, 2.75) is 6.54 Å². The van der Waals surface area contributed by atoms with Crippen molar-refractivity contribution >= 4 is 17.3 Å². The summed E-state index contributed by atoms with van der Waals surface area (Å²) in [6, 6.07) is 18.6. The maximum Gasteiger partial charge on any atom is 0.260 e. The molecule has 0 bridgehead atoms. The molecule has 3 rings (SSSR count). The van der Waals surface area contributed by atoms with Gasteiger partial charge in [-0.25, -0.2) is 4.98 Å². The molecule has 0 aliphatic rings. The lowest BCUT2D eigenvalue weighted by molar-refractivity contribution is 0.813. The molecule has 5 nitrogen and oxygen atoms in total. The smallest absolute Gasteiger partial charge is 0.260 e. The number of nitrogens with zero attached hydrogens (tertiary/aromatic N) is 3. The first kappa shape index (κ1) is 16.7. The van der Waals surface area contributed by atoms with Crippen LogP contribution in [0.5, 0.6) is 0 Å². The molecule has 1 heterocycles. The average molecular weight is 351 g/mol. The topological polar surface area (TPSA) is 70.7 Å². The number of hydrogen-bond donors (Lipinski definition) is 1. The van der Waals surface area contributed by atoms with E-state index in [1.54, 1.807) is 25.2 Å². The highest BCUT2D eigenvalue weighted by atomic mass is 35.5. The zero-order valence-corrected chi connectivity index (χ0v) is 14.3. The van der Waals surface area contributed by atoms with E-state index in [1.165, 1.54) is 4.57 Å². The number of nitriles is 1. The van der Waals surface area contributed by atoms with Crippen molar-refractivity contribution in [2.75, 3.05) is 5.32 Å². The highest BCUT2D eigenvalue weighted by Crippen LogP contribution is 2.20. The lowest BCUT2D eigenvalue weighted by Gasteiger charge is -2.13. The molecule has 0 spiro atoms. The van der Waals surface area contributed by atoms with Crippen molar-refractivity contribution in [1.29, 1.82) is 5.26 Å². The van der Waals surface area contributed by atoms with Gasteiger partial charge in [0.15, 0.2) is 0 Å². The average Bonchev–Trinajstić information content (AvgIpc) is 2.65. The molecule has 3 aromatic rings. The number of aromatic nitrogens is 2. The van der Waals surface area contributed by atoms with Gasteiger partial charge in [-0.3, -0.25) is 9.36 Å². The second kappa shape index (κ2) is 7.20. The van der Waals surface area contributed by atoms with E-state index in [9.17, 15) is 4.79 Å². The van der Waals surface area contributed by atoms with Crippen LogP contribution in [0.15, 0.2) is 59.4 Å². The molecule has 0 unspecified atom stereocenters. The molecular weight excluding hydrogens is 336 g/mol. The lowest BCUT2D eigenvalue weighted by Crippen LogP contribution is -2.26. The zero-order valence-electron chi connectivity index (χ0n) is 13.5. The molecule has 0 aliphatic heterocycles.